The number of pyridine rings is 1. The van der Waals surface area contributed by atoms with Gasteiger partial charge in [0.1, 0.15) is 23.8 Å². The number of rotatable bonds is 6. The molecule has 5 heterocycles. The molecule has 12 nitrogen and oxygen atoms in total. The van der Waals surface area contributed by atoms with Gasteiger partial charge in [0.25, 0.3) is 5.56 Å². The summed E-state index contributed by atoms with van der Waals surface area (Å²) >= 11 is 0. The molecule has 0 saturated carbocycles. The molecule has 1 N–H and O–H groups in total. The van der Waals surface area contributed by atoms with Crippen molar-refractivity contribution in [1.29, 1.82) is 0 Å². The highest BCUT2D eigenvalue weighted by molar-refractivity contribution is 5.90. The third kappa shape index (κ3) is 5.36. The predicted octanol–water partition coefficient (Wildman–Crippen LogP) is 2.54. The van der Waals surface area contributed by atoms with Gasteiger partial charge >= 0.3 is 5.69 Å². The first-order chi connectivity index (χ1) is 18.5. The fourth-order valence-electron chi connectivity index (χ4n) is 5.22. The molecule has 39 heavy (non-hydrogen) atoms. The van der Waals surface area contributed by atoms with Crippen LogP contribution in [0.15, 0.2) is 44.8 Å². The number of hydrogen-bond acceptors (Lipinski definition) is 8. The summed E-state index contributed by atoms with van der Waals surface area (Å²) in [5.41, 5.74) is 1.05. The van der Waals surface area contributed by atoms with Gasteiger partial charge in [0.2, 0.25) is 5.91 Å². The van der Waals surface area contributed by atoms with Gasteiger partial charge in [-0.05, 0) is 43.2 Å². The van der Waals surface area contributed by atoms with Crippen LogP contribution in [0.5, 0.6) is 0 Å². The van der Waals surface area contributed by atoms with Gasteiger partial charge < -0.3 is 19.3 Å². The minimum atomic E-state index is -0.559. The Morgan fingerprint density at radius 3 is 2.51 bits per heavy atom. The number of imidazole rings is 1. The molecule has 0 atom stereocenters. The van der Waals surface area contributed by atoms with E-state index in [2.05, 4.69) is 46.1 Å². The zero-order valence-electron chi connectivity index (χ0n) is 23.0. The van der Waals surface area contributed by atoms with Crippen LogP contribution in [0.3, 0.4) is 0 Å². The number of aromatic nitrogens is 6. The molecular weight excluding hydrogens is 500 g/mol. The minimum absolute atomic E-state index is 0.0552. The molecule has 4 aromatic rings. The van der Waals surface area contributed by atoms with E-state index >= 15 is 0 Å². The fourth-order valence-corrected chi connectivity index (χ4v) is 5.22. The molecule has 0 aromatic carbocycles. The molecule has 0 radical (unpaired) electrons. The standard InChI is InChI=1S/C27H34N8O4/c1-17-12-19(31-39-17)14-35-25(37)23-24(32(5)26(35)38)29-16-34(23)15-22(36)30-21-7-6-20(13-28-21)33-10-8-18(9-11-33)27(2,3)4/h6-7,12-13,16,18H,8-11,14-15H2,1-5H3,(H,28,30,36). The Hall–Kier alpha value is -4.22. The molecule has 5 rings (SSSR count). The predicted molar refractivity (Wildman–Crippen MR) is 147 cm³/mol. The molecule has 0 unspecified atom stereocenters. The highest BCUT2D eigenvalue weighted by Gasteiger charge is 2.29. The summed E-state index contributed by atoms with van der Waals surface area (Å²) in [5, 5.41) is 6.67. The lowest BCUT2D eigenvalue weighted by atomic mass is 9.75. The number of hydrogen-bond donors (Lipinski definition) is 1. The largest absolute Gasteiger partial charge is 0.370 e. The molecule has 206 valence electrons. The van der Waals surface area contributed by atoms with Gasteiger partial charge in [-0.1, -0.05) is 25.9 Å². The van der Waals surface area contributed by atoms with Gasteiger partial charge in [-0.15, -0.1) is 0 Å². The number of carbonyl (C=O) groups excluding carboxylic acids is 1. The summed E-state index contributed by atoms with van der Waals surface area (Å²) in [7, 11) is 1.53. The summed E-state index contributed by atoms with van der Waals surface area (Å²) in [5.74, 6) is 1.33. The number of nitrogens with one attached hydrogen (secondary N) is 1. The van der Waals surface area contributed by atoms with E-state index in [9.17, 15) is 14.4 Å². The highest BCUT2D eigenvalue weighted by Crippen LogP contribution is 2.35. The number of carbonyl (C=O) groups is 1. The fraction of sp³-hybridized carbons (Fsp3) is 0.481. The highest BCUT2D eigenvalue weighted by atomic mass is 16.5. The molecule has 1 fully saturated rings. The van der Waals surface area contributed by atoms with Crippen LogP contribution in [-0.4, -0.2) is 47.8 Å². The van der Waals surface area contributed by atoms with Crippen LogP contribution in [0.1, 0.15) is 45.1 Å². The van der Waals surface area contributed by atoms with Crippen molar-refractivity contribution in [2.45, 2.75) is 53.6 Å². The number of piperidine rings is 1. The Balaban J connectivity index is 1.29. The lowest BCUT2D eigenvalue weighted by molar-refractivity contribution is -0.116. The smallest absolute Gasteiger partial charge is 0.332 e. The number of nitrogens with zero attached hydrogens (tertiary/aromatic N) is 7. The summed E-state index contributed by atoms with van der Waals surface area (Å²) < 4.78 is 8.83. The van der Waals surface area contributed by atoms with Crippen molar-refractivity contribution in [2.24, 2.45) is 18.4 Å². The quantitative estimate of drug-likeness (QED) is 0.399. The maximum absolute atomic E-state index is 13.3. The van der Waals surface area contributed by atoms with E-state index in [-0.39, 0.29) is 30.2 Å². The van der Waals surface area contributed by atoms with Crippen molar-refractivity contribution in [3.63, 3.8) is 0 Å². The van der Waals surface area contributed by atoms with Crippen molar-refractivity contribution in [3.8, 4) is 0 Å². The van der Waals surface area contributed by atoms with Crippen molar-refractivity contribution in [2.75, 3.05) is 23.3 Å². The van der Waals surface area contributed by atoms with Gasteiger partial charge in [-0.2, -0.15) is 0 Å². The number of amides is 1. The topological polar surface area (TPSA) is 133 Å². The molecule has 1 aliphatic heterocycles. The van der Waals surface area contributed by atoms with Gasteiger partial charge in [0.15, 0.2) is 11.2 Å². The van der Waals surface area contributed by atoms with Crippen LogP contribution in [-0.2, 0) is 24.9 Å². The monoisotopic (exact) mass is 534 g/mol. The second-order valence-corrected chi connectivity index (χ2v) is 11.3. The molecule has 1 saturated heterocycles. The van der Waals surface area contributed by atoms with Crippen LogP contribution < -0.4 is 21.5 Å². The maximum atomic E-state index is 13.3. The average molecular weight is 535 g/mol. The molecule has 1 aliphatic rings. The number of fused-ring (bicyclic) bond motifs is 1. The average Bonchev–Trinajstić information content (AvgIpc) is 3.51. The third-order valence-corrected chi connectivity index (χ3v) is 7.51. The Morgan fingerprint density at radius 2 is 1.90 bits per heavy atom. The van der Waals surface area contributed by atoms with Crippen LogP contribution in [0.25, 0.3) is 11.2 Å². The second kappa shape index (κ2) is 10.2. The van der Waals surface area contributed by atoms with Gasteiger partial charge in [-0.25, -0.2) is 14.8 Å². The Morgan fingerprint density at radius 1 is 1.15 bits per heavy atom. The molecule has 0 bridgehead atoms. The van der Waals surface area contributed by atoms with E-state index in [1.54, 1.807) is 25.3 Å². The minimum Gasteiger partial charge on any atom is -0.370 e. The first-order valence-corrected chi connectivity index (χ1v) is 13.1. The first-order valence-electron chi connectivity index (χ1n) is 13.1. The Labute approximate surface area is 225 Å². The van der Waals surface area contributed by atoms with Crippen LogP contribution in [0, 0.1) is 18.3 Å². The van der Waals surface area contributed by atoms with Crippen molar-refractivity contribution >= 4 is 28.6 Å². The Kier molecular flexibility index (Phi) is 6.87. The zero-order chi connectivity index (χ0) is 27.9. The first kappa shape index (κ1) is 26.4. The molecule has 12 heteroatoms. The van der Waals surface area contributed by atoms with E-state index < -0.39 is 11.2 Å². The molecular formula is C27H34N8O4. The van der Waals surface area contributed by atoms with Crippen LogP contribution in [0.4, 0.5) is 11.5 Å². The normalized spacial score (nSPS) is 14.7. The maximum Gasteiger partial charge on any atom is 0.332 e. The van der Waals surface area contributed by atoms with Crippen LogP contribution in [0.2, 0.25) is 0 Å². The summed E-state index contributed by atoms with van der Waals surface area (Å²) in [6.45, 7) is 10.4. The lowest BCUT2D eigenvalue weighted by Gasteiger charge is -2.39. The molecule has 1 amide bonds. The van der Waals surface area contributed by atoms with Gasteiger partial charge in [0, 0.05) is 26.2 Å². The number of anilines is 2. The van der Waals surface area contributed by atoms with Gasteiger partial charge in [-0.3, -0.25) is 18.7 Å². The summed E-state index contributed by atoms with van der Waals surface area (Å²) in [4.78, 5) is 49.9. The lowest BCUT2D eigenvalue weighted by Crippen LogP contribution is -2.40. The third-order valence-electron chi connectivity index (χ3n) is 7.51. The van der Waals surface area contributed by atoms with Crippen LogP contribution >= 0.6 is 0 Å². The van der Waals surface area contributed by atoms with E-state index in [1.165, 1.54) is 22.5 Å². The summed E-state index contributed by atoms with van der Waals surface area (Å²) in [6.07, 6.45) is 5.45. The number of aryl methyl sites for hydroxylation is 2. The van der Waals surface area contributed by atoms with E-state index in [0.29, 0.717) is 28.6 Å². The van der Waals surface area contributed by atoms with Gasteiger partial charge in [0.05, 0.1) is 24.8 Å². The zero-order valence-corrected chi connectivity index (χ0v) is 23.0. The van der Waals surface area contributed by atoms with Crippen molar-refractivity contribution in [1.82, 2.24) is 28.8 Å². The van der Waals surface area contributed by atoms with E-state index in [1.807, 2.05) is 6.07 Å². The second-order valence-electron chi connectivity index (χ2n) is 11.3. The van der Waals surface area contributed by atoms with Crippen molar-refractivity contribution in [3.05, 3.63) is 63.0 Å². The van der Waals surface area contributed by atoms with Crippen molar-refractivity contribution < 1.29 is 9.32 Å². The molecule has 0 spiro atoms. The Bertz CT molecular complexity index is 1610. The summed E-state index contributed by atoms with van der Waals surface area (Å²) in [6, 6.07) is 5.41. The van der Waals surface area contributed by atoms with E-state index in [4.69, 9.17) is 4.52 Å². The van der Waals surface area contributed by atoms with E-state index in [0.717, 1.165) is 36.2 Å². The molecule has 0 aliphatic carbocycles. The molecule has 4 aromatic heterocycles. The SMILES string of the molecule is Cc1cc(Cn2c(=O)c3c(ncn3CC(=O)Nc3ccc(N4CCC(C(C)(C)C)CC4)cn3)n(C)c2=O)no1.